The summed E-state index contributed by atoms with van der Waals surface area (Å²) in [5, 5.41) is 13.4. The van der Waals surface area contributed by atoms with Crippen LogP contribution in [0.15, 0.2) is 54.7 Å². The number of benzene rings is 2. The van der Waals surface area contributed by atoms with E-state index < -0.39 is 6.04 Å². The lowest BCUT2D eigenvalue weighted by Crippen LogP contribution is -2.47. The molecule has 3 aromatic rings. The van der Waals surface area contributed by atoms with Crippen LogP contribution in [-0.4, -0.2) is 59.0 Å². The Balaban J connectivity index is 1.24. The van der Waals surface area contributed by atoms with Crippen molar-refractivity contribution in [3.8, 4) is 6.07 Å². The smallest absolute Gasteiger partial charge is 0.252 e. The Kier molecular flexibility index (Phi) is 6.80. The molecule has 35 heavy (non-hydrogen) atoms. The number of carbonyl (C=O) groups is 2. The molecule has 0 aliphatic carbocycles. The first-order valence-corrected chi connectivity index (χ1v) is 13.0. The van der Waals surface area contributed by atoms with E-state index in [-0.39, 0.29) is 18.4 Å². The zero-order chi connectivity index (χ0) is 24.4. The molecule has 178 valence electrons. The molecule has 0 radical (unpaired) electrons. The van der Waals surface area contributed by atoms with Crippen molar-refractivity contribution in [2.24, 2.45) is 5.92 Å². The van der Waals surface area contributed by atoms with Crippen molar-refractivity contribution in [1.82, 2.24) is 15.2 Å². The Morgan fingerprint density at radius 1 is 1.17 bits per heavy atom. The molecule has 1 aromatic heterocycles. The van der Waals surface area contributed by atoms with E-state index in [0.717, 1.165) is 41.1 Å². The maximum Gasteiger partial charge on any atom is 0.252 e. The van der Waals surface area contributed by atoms with Crippen molar-refractivity contribution in [1.29, 1.82) is 5.26 Å². The van der Waals surface area contributed by atoms with E-state index in [1.54, 1.807) is 24.0 Å². The molecule has 2 aromatic carbocycles. The van der Waals surface area contributed by atoms with Crippen LogP contribution in [0.5, 0.6) is 0 Å². The largest absolute Gasteiger partial charge is 0.371 e. The fraction of sp³-hybridized carbons (Fsp3) is 0.308. The molecule has 2 saturated heterocycles. The van der Waals surface area contributed by atoms with Crippen molar-refractivity contribution in [2.45, 2.75) is 12.5 Å². The van der Waals surface area contributed by atoms with Crippen LogP contribution < -0.4 is 10.2 Å². The second kappa shape index (κ2) is 10.1. The van der Waals surface area contributed by atoms with E-state index in [4.69, 9.17) is 11.6 Å². The number of nitrogens with one attached hydrogen (secondary N) is 1. The first-order chi connectivity index (χ1) is 17.0. The highest BCUT2D eigenvalue weighted by molar-refractivity contribution is 7.99. The number of nitrogens with zero attached hydrogens (tertiary/aromatic N) is 4. The molecule has 2 fully saturated rings. The number of carbonyl (C=O) groups excluding carboxylic acids is 2. The average Bonchev–Trinajstić information content (AvgIpc) is 3.34. The number of thioether (sulfide) groups is 1. The van der Waals surface area contributed by atoms with Crippen LogP contribution in [0.3, 0.4) is 0 Å². The molecule has 2 amide bonds. The minimum absolute atomic E-state index is 0.139. The van der Waals surface area contributed by atoms with Crippen LogP contribution in [-0.2, 0) is 11.2 Å². The van der Waals surface area contributed by atoms with Gasteiger partial charge in [0.1, 0.15) is 6.04 Å². The van der Waals surface area contributed by atoms with Gasteiger partial charge in [0.15, 0.2) is 0 Å². The minimum Gasteiger partial charge on any atom is -0.371 e. The molecule has 2 aliphatic rings. The first-order valence-electron chi connectivity index (χ1n) is 11.4. The van der Waals surface area contributed by atoms with Gasteiger partial charge in [0.05, 0.1) is 29.6 Å². The standard InChI is InChI=1S/C26H24ClN5O2S/c27-19-3-1-17(2-4-19)9-18-13-31(14-18)20-5-6-24-23(10-20)22(7-8-29-24)26(34)30-12-25(33)32-16-35-15-21(32)11-28/h1-8,10,18,21H,9,12-16H2,(H,30,34). The van der Waals surface area contributed by atoms with Crippen LogP contribution >= 0.6 is 23.4 Å². The number of pyridine rings is 1. The summed E-state index contributed by atoms with van der Waals surface area (Å²) in [6.45, 7) is 1.75. The zero-order valence-corrected chi connectivity index (χ0v) is 20.6. The van der Waals surface area contributed by atoms with Gasteiger partial charge in [-0.05, 0) is 54.3 Å². The van der Waals surface area contributed by atoms with E-state index in [1.165, 1.54) is 10.5 Å². The SMILES string of the molecule is N#CC1CSCN1C(=O)CNC(=O)c1ccnc2ccc(N3CC(Cc4ccc(Cl)cc4)C3)cc12. The minimum atomic E-state index is -0.436. The Labute approximate surface area is 213 Å². The topological polar surface area (TPSA) is 89.3 Å². The lowest BCUT2D eigenvalue weighted by atomic mass is 9.91. The summed E-state index contributed by atoms with van der Waals surface area (Å²) in [4.78, 5) is 33.7. The van der Waals surface area contributed by atoms with Crippen molar-refractivity contribution in [3.05, 3.63) is 70.9 Å². The molecule has 5 rings (SSSR count). The van der Waals surface area contributed by atoms with Gasteiger partial charge >= 0.3 is 0 Å². The van der Waals surface area contributed by atoms with Gasteiger partial charge < -0.3 is 15.1 Å². The summed E-state index contributed by atoms with van der Waals surface area (Å²) in [6.07, 6.45) is 2.61. The number of fused-ring (bicyclic) bond motifs is 1. The number of halogens is 1. The number of rotatable bonds is 6. The summed E-state index contributed by atoms with van der Waals surface area (Å²) in [7, 11) is 0. The maximum absolute atomic E-state index is 13.0. The lowest BCUT2D eigenvalue weighted by molar-refractivity contribution is -0.129. The third-order valence-electron chi connectivity index (χ3n) is 6.48. The van der Waals surface area contributed by atoms with Crippen molar-refractivity contribution in [2.75, 3.05) is 36.2 Å². The molecule has 1 atom stereocenters. The maximum atomic E-state index is 13.0. The number of amides is 2. The third kappa shape index (κ3) is 5.07. The molecule has 9 heteroatoms. The van der Waals surface area contributed by atoms with Crippen LogP contribution in [0.1, 0.15) is 15.9 Å². The van der Waals surface area contributed by atoms with Gasteiger partial charge in [0, 0.05) is 41.1 Å². The van der Waals surface area contributed by atoms with E-state index in [1.807, 2.05) is 30.3 Å². The highest BCUT2D eigenvalue weighted by Crippen LogP contribution is 2.30. The van der Waals surface area contributed by atoms with Crippen molar-refractivity contribution < 1.29 is 9.59 Å². The molecule has 1 unspecified atom stereocenters. The van der Waals surface area contributed by atoms with Gasteiger partial charge in [0.25, 0.3) is 5.91 Å². The highest BCUT2D eigenvalue weighted by atomic mass is 35.5. The third-order valence-corrected chi connectivity index (χ3v) is 7.75. The van der Waals surface area contributed by atoms with Gasteiger partial charge in [-0.25, -0.2) is 0 Å². The summed E-state index contributed by atoms with van der Waals surface area (Å²) >= 11 is 7.53. The number of hydrogen-bond donors (Lipinski definition) is 1. The lowest BCUT2D eigenvalue weighted by Gasteiger charge is -2.41. The predicted molar refractivity (Wildman–Crippen MR) is 139 cm³/mol. The van der Waals surface area contributed by atoms with Crippen molar-refractivity contribution >= 4 is 51.8 Å². The fourth-order valence-corrected chi connectivity index (χ4v) is 5.77. The Bertz CT molecular complexity index is 1300. The van der Waals surface area contributed by atoms with Gasteiger partial charge in [0.2, 0.25) is 5.91 Å². The van der Waals surface area contributed by atoms with E-state index >= 15 is 0 Å². The predicted octanol–water partition coefficient (Wildman–Crippen LogP) is 3.72. The van der Waals surface area contributed by atoms with Gasteiger partial charge in [-0.3, -0.25) is 14.6 Å². The van der Waals surface area contributed by atoms with Gasteiger partial charge in [-0.2, -0.15) is 5.26 Å². The fourth-order valence-electron chi connectivity index (χ4n) is 4.54. The first kappa shape index (κ1) is 23.5. The average molecular weight is 506 g/mol. The number of aromatic nitrogens is 1. The van der Waals surface area contributed by atoms with Gasteiger partial charge in [-0.15, -0.1) is 11.8 Å². The molecular weight excluding hydrogens is 482 g/mol. The molecule has 7 nitrogen and oxygen atoms in total. The number of hydrogen-bond acceptors (Lipinski definition) is 6. The summed E-state index contributed by atoms with van der Waals surface area (Å²) in [5.74, 6) is 1.07. The van der Waals surface area contributed by atoms with E-state index in [0.29, 0.717) is 23.1 Å². The highest BCUT2D eigenvalue weighted by Gasteiger charge is 2.30. The summed E-state index contributed by atoms with van der Waals surface area (Å²) < 4.78 is 0. The zero-order valence-electron chi connectivity index (χ0n) is 19.0. The van der Waals surface area contributed by atoms with Crippen LogP contribution in [0, 0.1) is 17.2 Å². The Hall–Kier alpha value is -3.28. The monoisotopic (exact) mass is 505 g/mol. The molecule has 3 heterocycles. The van der Waals surface area contributed by atoms with Crippen LogP contribution in [0.2, 0.25) is 5.02 Å². The Morgan fingerprint density at radius 2 is 1.97 bits per heavy atom. The number of anilines is 1. The van der Waals surface area contributed by atoms with E-state index in [9.17, 15) is 14.9 Å². The molecular formula is C26H24ClN5O2S. The second-order valence-electron chi connectivity index (χ2n) is 8.85. The van der Waals surface area contributed by atoms with Crippen LogP contribution in [0.25, 0.3) is 10.9 Å². The van der Waals surface area contributed by atoms with Crippen molar-refractivity contribution in [3.63, 3.8) is 0 Å². The molecule has 2 aliphatic heterocycles. The molecule has 0 saturated carbocycles. The van der Waals surface area contributed by atoms with Gasteiger partial charge in [-0.1, -0.05) is 23.7 Å². The molecule has 1 N–H and O–H groups in total. The summed E-state index contributed by atoms with van der Waals surface area (Å²) in [5.41, 5.74) is 3.54. The Morgan fingerprint density at radius 3 is 2.74 bits per heavy atom. The number of nitriles is 1. The molecule has 0 bridgehead atoms. The van der Waals surface area contributed by atoms with Crippen LogP contribution in [0.4, 0.5) is 5.69 Å². The molecule has 0 spiro atoms. The summed E-state index contributed by atoms with van der Waals surface area (Å²) in [6, 6.07) is 17.3. The second-order valence-corrected chi connectivity index (χ2v) is 10.3. The normalized spacial score (nSPS) is 17.8. The van der Waals surface area contributed by atoms with E-state index in [2.05, 4.69) is 33.4 Å². The quantitative estimate of drug-likeness (QED) is 0.549.